The number of hydrogen-bond donors (Lipinski definition) is 1. The molecule has 0 atom stereocenters. The molecule has 1 heterocycles. The third-order valence-electron chi connectivity index (χ3n) is 3.95. The number of rotatable bonds is 5. The Bertz CT molecular complexity index is 918. The number of nitrogens with one attached hydrogen (secondary N) is 1. The number of carbonyl (C=O) groups excluding carboxylic acids is 3. The lowest BCUT2D eigenvalue weighted by molar-refractivity contribution is -0.122. The molecule has 7 nitrogen and oxygen atoms in total. The smallest absolute Gasteiger partial charge is 0.335 e. The van der Waals surface area contributed by atoms with Crippen molar-refractivity contribution in [2.45, 2.75) is 6.92 Å². The molecule has 0 aliphatic carbocycles. The Morgan fingerprint density at radius 2 is 1.74 bits per heavy atom. The largest absolute Gasteiger partial charge is 0.496 e. The molecule has 0 saturated carbocycles. The van der Waals surface area contributed by atoms with Gasteiger partial charge in [-0.05, 0) is 43.3 Å². The van der Waals surface area contributed by atoms with Crippen LogP contribution in [-0.4, -0.2) is 31.6 Å². The average Bonchev–Trinajstić information content (AvgIpc) is 2.67. The van der Waals surface area contributed by atoms with Gasteiger partial charge in [-0.1, -0.05) is 18.2 Å². The van der Waals surface area contributed by atoms with Gasteiger partial charge in [0.25, 0.3) is 11.8 Å². The predicted octanol–water partition coefficient (Wildman–Crippen LogP) is 2.76. The van der Waals surface area contributed by atoms with E-state index in [4.69, 9.17) is 9.47 Å². The van der Waals surface area contributed by atoms with Crippen molar-refractivity contribution in [3.05, 3.63) is 59.7 Å². The number of methoxy groups -OCH3 is 1. The summed E-state index contributed by atoms with van der Waals surface area (Å²) in [5.74, 6) is -0.334. The molecule has 2 aromatic rings. The van der Waals surface area contributed by atoms with E-state index in [1.807, 2.05) is 6.92 Å². The monoisotopic (exact) mass is 366 g/mol. The Hall–Kier alpha value is -3.61. The van der Waals surface area contributed by atoms with E-state index in [2.05, 4.69) is 5.32 Å². The van der Waals surface area contributed by atoms with Crippen LogP contribution < -0.4 is 19.7 Å². The number of anilines is 1. The number of imide groups is 2. The second-order valence-corrected chi connectivity index (χ2v) is 5.63. The third-order valence-corrected chi connectivity index (χ3v) is 3.95. The number of carbonyl (C=O) groups is 3. The van der Waals surface area contributed by atoms with E-state index in [0.717, 1.165) is 4.90 Å². The second kappa shape index (κ2) is 7.74. The Kier molecular flexibility index (Phi) is 5.21. The van der Waals surface area contributed by atoms with Gasteiger partial charge in [-0.2, -0.15) is 0 Å². The van der Waals surface area contributed by atoms with E-state index >= 15 is 0 Å². The van der Waals surface area contributed by atoms with Crippen molar-refractivity contribution in [3.8, 4) is 11.5 Å². The molecule has 0 unspecified atom stereocenters. The highest BCUT2D eigenvalue weighted by Gasteiger charge is 2.36. The number of nitrogens with zero attached hydrogens (tertiary/aromatic N) is 1. The molecular formula is C20H18N2O5. The highest BCUT2D eigenvalue weighted by atomic mass is 16.5. The quantitative estimate of drug-likeness (QED) is 0.650. The van der Waals surface area contributed by atoms with Gasteiger partial charge in [-0.25, -0.2) is 9.69 Å². The zero-order valence-electron chi connectivity index (χ0n) is 14.9. The highest BCUT2D eigenvalue weighted by Crippen LogP contribution is 2.26. The number of ether oxygens (including phenoxy) is 2. The zero-order chi connectivity index (χ0) is 19.4. The molecule has 1 aliphatic heterocycles. The van der Waals surface area contributed by atoms with Crippen LogP contribution in [0.15, 0.2) is 54.1 Å². The van der Waals surface area contributed by atoms with Crippen LogP contribution in [0, 0.1) is 0 Å². The van der Waals surface area contributed by atoms with Crippen molar-refractivity contribution in [1.82, 2.24) is 5.32 Å². The molecule has 4 amide bonds. The molecule has 7 heteroatoms. The van der Waals surface area contributed by atoms with Crippen molar-refractivity contribution in [2.75, 3.05) is 18.6 Å². The van der Waals surface area contributed by atoms with Crippen LogP contribution in [0.2, 0.25) is 0 Å². The zero-order valence-corrected chi connectivity index (χ0v) is 14.9. The maximum Gasteiger partial charge on any atom is 0.335 e. The number of urea groups is 1. The minimum Gasteiger partial charge on any atom is -0.496 e. The summed E-state index contributed by atoms with van der Waals surface area (Å²) in [5, 5.41) is 2.19. The van der Waals surface area contributed by atoms with Crippen LogP contribution in [0.3, 0.4) is 0 Å². The van der Waals surface area contributed by atoms with Gasteiger partial charge in [0.1, 0.15) is 17.1 Å². The van der Waals surface area contributed by atoms with E-state index in [1.54, 1.807) is 48.5 Å². The lowest BCUT2D eigenvalue weighted by atomic mass is 10.1. The molecule has 0 radical (unpaired) electrons. The first kappa shape index (κ1) is 18.2. The molecule has 1 aliphatic rings. The molecule has 0 bridgehead atoms. The minimum atomic E-state index is -0.800. The summed E-state index contributed by atoms with van der Waals surface area (Å²) in [6, 6.07) is 12.6. The van der Waals surface area contributed by atoms with Crippen molar-refractivity contribution >= 4 is 29.6 Å². The van der Waals surface area contributed by atoms with Crippen molar-refractivity contribution in [1.29, 1.82) is 0 Å². The summed E-state index contributed by atoms with van der Waals surface area (Å²) in [4.78, 5) is 38.2. The first-order valence-electron chi connectivity index (χ1n) is 8.32. The summed E-state index contributed by atoms with van der Waals surface area (Å²) in [6.45, 7) is 2.36. The molecular weight excluding hydrogens is 348 g/mol. The van der Waals surface area contributed by atoms with Crippen molar-refractivity contribution < 1.29 is 23.9 Å². The lowest BCUT2D eigenvalue weighted by Crippen LogP contribution is -2.54. The molecule has 138 valence electrons. The van der Waals surface area contributed by atoms with Gasteiger partial charge in [0, 0.05) is 5.56 Å². The van der Waals surface area contributed by atoms with Gasteiger partial charge >= 0.3 is 6.03 Å². The maximum absolute atomic E-state index is 12.9. The van der Waals surface area contributed by atoms with Gasteiger partial charge < -0.3 is 9.47 Å². The van der Waals surface area contributed by atoms with Crippen LogP contribution in [0.1, 0.15) is 12.5 Å². The number of para-hydroxylation sites is 1. The Labute approximate surface area is 156 Å². The topological polar surface area (TPSA) is 84.9 Å². The molecule has 0 aromatic heterocycles. The minimum absolute atomic E-state index is 0.159. The molecule has 1 fully saturated rings. The number of amides is 4. The number of hydrogen-bond acceptors (Lipinski definition) is 5. The third kappa shape index (κ3) is 3.67. The summed E-state index contributed by atoms with van der Waals surface area (Å²) < 4.78 is 10.6. The Morgan fingerprint density at radius 1 is 1.04 bits per heavy atom. The molecule has 3 rings (SSSR count). The summed E-state index contributed by atoms with van der Waals surface area (Å²) in [6.07, 6.45) is 1.41. The normalized spacial score (nSPS) is 15.7. The first-order valence-corrected chi connectivity index (χ1v) is 8.32. The summed E-state index contributed by atoms with van der Waals surface area (Å²) in [7, 11) is 1.50. The lowest BCUT2D eigenvalue weighted by Gasteiger charge is -2.26. The summed E-state index contributed by atoms with van der Waals surface area (Å²) >= 11 is 0. The van der Waals surface area contributed by atoms with E-state index in [-0.39, 0.29) is 5.57 Å². The van der Waals surface area contributed by atoms with Gasteiger partial charge in [-0.15, -0.1) is 0 Å². The van der Waals surface area contributed by atoms with Gasteiger partial charge in [0.05, 0.1) is 19.4 Å². The van der Waals surface area contributed by atoms with E-state index in [1.165, 1.54) is 13.2 Å². The molecule has 27 heavy (non-hydrogen) atoms. The van der Waals surface area contributed by atoms with E-state index < -0.39 is 17.8 Å². The number of benzene rings is 2. The fourth-order valence-corrected chi connectivity index (χ4v) is 2.69. The summed E-state index contributed by atoms with van der Waals surface area (Å²) in [5.41, 5.74) is 0.729. The van der Waals surface area contributed by atoms with Crippen LogP contribution in [-0.2, 0) is 9.59 Å². The van der Waals surface area contributed by atoms with Gasteiger partial charge in [-0.3, -0.25) is 14.9 Å². The van der Waals surface area contributed by atoms with Gasteiger partial charge in [0.15, 0.2) is 0 Å². The maximum atomic E-state index is 12.9. The van der Waals surface area contributed by atoms with Crippen LogP contribution in [0.4, 0.5) is 10.5 Å². The second-order valence-electron chi connectivity index (χ2n) is 5.63. The molecule has 2 aromatic carbocycles. The Morgan fingerprint density at radius 3 is 2.41 bits per heavy atom. The van der Waals surface area contributed by atoms with E-state index in [0.29, 0.717) is 29.4 Å². The van der Waals surface area contributed by atoms with Crippen molar-refractivity contribution in [3.63, 3.8) is 0 Å². The number of barbiturate groups is 1. The van der Waals surface area contributed by atoms with Crippen LogP contribution >= 0.6 is 0 Å². The van der Waals surface area contributed by atoms with Crippen LogP contribution in [0.25, 0.3) is 6.08 Å². The fourth-order valence-electron chi connectivity index (χ4n) is 2.69. The Balaban J connectivity index is 1.97. The fraction of sp³-hybridized carbons (Fsp3) is 0.150. The molecule has 1 saturated heterocycles. The molecule has 1 N–H and O–H groups in total. The highest BCUT2D eigenvalue weighted by molar-refractivity contribution is 6.39. The van der Waals surface area contributed by atoms with Crippen molar-refractivity contribution in [2.24, 2.45) is 0 Å². The standard InChI is InChI=1S/C20H18N2O5/c1-3-27-15-10-8-14(9-11-15)22-19(24)16(18(23)21-20(22)25)12-13-6-4-5-7-17(13)26-2/h4-12H,3H2,1-2H3,(H,21,23,25)/b16-12-. The van der Waals surface area contributed by atoms with E-state index in [9.17, 15) is 14.4 Å². The molecule has 0 spiro atoms. The van der Waals surface area contributed by atoms with Gasteiger partial charge in [0.2, 0.25) is 0 Å². The SMILES string of the molecule is CCOc1ccc(N2C(=O)NC(=O)/C(=C/c3ccccc3OC)C2=O)cc1. The average molecular weight is 366 g/mol. The predicted molar refractivity (Wildman–Crippen MR) is 99.6 cm³/mol. The first-order chi connectivity index (χ1) is 13.0. The van der Waals surface area contributed by atoms with Crippen LogP contribution in [0.5, 0.6) is 11.5 Å².